The lowest BCUT2D eigenvalue weighted by atomic mass is 10.2. The molecular formula is C20H17NO5S. The number of esters is 1. The minimum Gasteiger partial charge on any atom is -0.492 e. The minimum atomic E-state index is -0.401. The third kappa shape index (κ3) is 4.98. The Morgan fingerprint density at radius 2 is 1.74 bits per heavy atom. The number of imide groups is 1. The van der Waals surface area contributed by atoms with Gasteiger partial charge in [0.2, 0.25) is 0 Å². The van der Waals surface area contributed by atoms with Gasteiger partial charge in [0.15, 0.2) is 0 Å². The van der Waals surface area contributed by atoms with Crippen molar-refractivity contribution in [2.45, 2.75) is 6.92 Å². The van der Waals surface area contributed by atoms with Crippen molar-refractivity contribution < 1.29 is 23.9 Å². The fraction of sp³-hybridized carbons (Fsp3) is 0.150. The van der Waals surface area contributed by atoms with E-state index in [0.717, 1.165) is 17.3 Å². The van der Waals surface area contributed by atoms with E-state index < -0.39 is 5.97 Å². The third-order valence-corrected chi connectivity index (χ3v) is 4.55. The highest BCUT2D eigenvalue weighted by Gasteiger charge is 2.34. The number of ether oxygens (including phenoxy) is 2. The van der Waals surface area contributed by atoms with Crippen LogP contribution in [0.4, 0.5) is 4.79 Å². The topological polar surface area (TPSA) is 72.9 Å². The largest absolute Gasteiger partial charge is 0.492 e. The fourth-order valence-corrected chi connectivity index (χ4v) is 3.28. The van der Waals surface area contributed by atoms with Crippen LogP contribution in [0.2, 0.25) is 0 Å². The number of para-hydroxylation sites is 1. The smallest absolute Gasteiger partial charge is 0.308 e. The summed E-state index contributed by atoms with van der Waals surface area (Å²) in [6.45, 7) is 1.74. The number of amides is 2. The molecule has 0 unspecified atom stereocenters. The molecule has 1 aliphatic rings. The van der Waals surface area contributed by atoms with Crippen molar-refractivity contribution in [2.75, 3.05) is 13.2 Å². The van der Waals surface area contributed by atoms with Gasteiger partial charge < -0.3 is 9.47 Å². The Hall–Kier alpha value is -3.06. The molecule has 6 nitrogen and oxygen atoms in total. The van der Waals surface area contributed by atoms with Crippen LogP contribution < -0.4 is 9.47 Å². The molecule has 1 aliphatic heterocycles. The highest BCUT2D eigenvalue weighted by atomic mass is 32.2. The number of benzene rings is 2. The molecule has 0 spiro atoms. The van der Waals surface area contributed by atoms with Crippen molar-refractivity contribution in [2.24, 2.45) is 0 Å². The number of rotatable bonds is 6. The first-order valence-electron chi connectivity index (χ1n) is 8.24. The van der Waals surface area contributed by atoms with E-state index in [9.17, 15) is 14.4 Å². The number of carbonyl (C=O) groups is 3. The molecule has 1 heterocycles. The standard InChI is InChI=1S/C20H17NO5S/c1-14(22)26-17-9-7-15(8-10-17)13-18-19(23)21(20(24)27-18)11-12-25-16-5-3-2-4-6-16/h2-10,13H,11-12H2,1H3/b18-13-. The van der Waals surface area contributed by atoms with Crippen molar-refractivity contribution in [3.63, 3.8) is 0 Å². The van der Waals surface area contributed by atoms with Gasteiger partial charge >= 0.3 is 5.97 Å². The van der Waals surface area contributed by atoms with Gasteiger partial charge in [0.25, 0.3) is 11.1 Å². The molecule has 0 aliphatic carbocycles. The highest BCUT2D eigenvalue weighted by molar-refractivity contribution is 8.18. The SMILES string of the molecule is CC(=O)Oc1ccc(/C=C2\SC(=O)N(CCOc3ccccc3)C2=O)cc1. The Balaban J connectivity index is 1.61. The monoisotopic (exact) mass is 383 g/mol. The van der Waals surface area contributed by atoms with Gasteiger partial charge in [-0.3, -0.25) is 19.3 Å². The molecule has 1 saturated heterocycles. The Labute approximate surface area is 160 Å². The van der Waals surface area contributed by atoms with Crippen LogP contribution in [0.1, 0.15) is 12.5 Å². The van der Waals surface area contributed by atoms with Crippen LogP contribution in [0.3, 0.4) is 0 Å². The average molecular weight is 383 g/mol. The zero-order valence-electron chi connectivity index (χ0n) is 14.6. The van der Waals surface area contributed by atoms with Gasteiger partial charge in [0.05, 0.1) is 11.4 Å². The molecule has 2 aromatic rings. The summed E-state index contributed by atoms with van der Waals surface area (Å²) in [7, 11) is 0. The van der Waals surface area contributed by atoms with Gasteiger partial charge in [0.1, 0.15) is 18.1 Å². The first kappa shape index (κ1) is 18.7. The number of nitrogens with zero attached hydrogens (tertiary/aromatic N) is 1. The summed E-state index contributed by atoms with van der Waals surface area (Å²) in [5, 5.41) is -0.320. The molecule has 0 atom stereocenters. The Morgan fingerprint density at radius 3 is 2.41 bits per heavy atom. The predicted octanol–water partition coefficient (Wildman–Crippen LogP) is 3.73. The molecule has 1 fully saturated rings. The Kier molecular flexibility index (Phi) is 5.93. The second kappa shape index (κ2) is 8.55. The summed E-state index contributed by atoms with van der Waals surface area (Å²) in [5.41, 5.74) is 0.733. The molecule has 138 valence electrons. The van der Waals surface area contributed by atoms with Crippen LogP contribution in [0.25, 0.3) is 6.08 Å². The van der Waals surface area contributed by atoms with E-state index in [0.29, 0.717) is 16.4 Å². The maximum absolute atomic E-state index is 12.5. The third-order valence-electron chi connectivity index (χ3n) is 3.64. The average Bonchev–Trinajstić information content (AvgIpc) is 2.91. The molecule has 2 amide bonds. The second-order valence-corrected chi connectivity index (χ2v) is 6.65. The molecular weight excluding hydrogens is 366 g/mol. The van der Waals surface area contributed by atoms with E-state index in [4.69, 9.17) is 9.47 Å². The van der Waals surface area contributed by atoms with Gasteiger partial charge in [-0.25, -0.2) is 0 Å². The van der Waals surface area contributed by atoms with E-state index in [1.165, 1.54) is 11.8 Å². The van der Waals surface area contributed by atoms with E-state index in [2.05, 4.69) is 0 Å². The molecule has 0 saturated carbocycles. The van der Waals surface area contributed by atoms with Gasteiger partial charge in [-0.2, -0.15) is 0 Å². The minimum absolute atomic E-state index is 0.183. The maximum atomic E-state index is 12.5. The Morgan fingerprint density at radius 1 is 1.04 bits per heavy atom. The second-order valence-electron chi connectivity index (χ2n) is 5.66. The van der Waals surface area contributed by atoms with Crippen LogP contribution in [0.15, 0.2) is 59.5 Å². The first-order chi connectivity index (χ1) is 13.0. The molecule has 0 radical (unpaired) electrons. The zero-order chi connectivity index (χ0) is 19.2. The summed E-state index contributed by atoms with van der Waals surface area (Å²) in [6, 6.07) is 15.9. The van der Waals surface area contributed by atoms with E-state index in [-0.39, 0.29) is 24.3 Å². The van der Waals surface area contributed by atoms with E-state index >= 15 is 0 Å². The summed E-state index contributed by atoms with van der Waals surface area (Å²) < 4.78 is 10.5. The lowest BCUT2D eigenvalue weighted by Crippen LogP contribution is -2.32. The number of hydrogen-bond acceptors (Lipinski definition) is 6. The van der Waals surface area contributed by atoms with Crippen LogP contribution in [0.5, 0.6) is 11.5 Å². The first-order valence-corrected chi connectivity index (χ1v) is 9.06. The summed E-state index contributed by atoms with van der Waals surface area (Å²) >= 11 is 0.895. The zero-order valence-corrected chi connectivity index (χ0v) is 15.4. The number of thioether (sulfide) groups is 1. The lowest BCUT2D eigenvalue weighted by molar-refractivity contribution is -0.131. The van der Waals surface area contributed by atoms with Gasteiger partial charge in [-0.15, -0.1) is 0 Å². The van der Waals surface area contributed by atoms with Crippen molar-refractivity contribution in [3.8, 4) is 11.5 Å². The van der Waals surface area contributed by atoms with Crippen molar-refractivity contribution >= 4 is 35.0 Å². The molecule has 2 aromatic carbocycles. The predicted molar refractivity (Wildman–Crippen MR) is 102 cm³/mol. The summed E-state index contributed by atoms with van der Waals surface area (Å²) in [6.07, 6.45) is 1.64. The highest BCUT2D eigenvalue weighted by Crippen LogP contribution is 2.32. The van der Waals surface area contributed by atoms with Crippen molar-refractivity contribution in [3.05, 3.63) is 65.1 Å². The molecule has 3 rings (SSSR count). The van der Waals surface area contributed by atoms with E-state index in [1.54, 1.807) is 30.3 Å². The normalized spacial score (nSPS) is 15.3. The molecule has 0 aromatic heterocycles. The van der Waals surface area contributed by atoms with Gasteiger partial charge in [-0.05, 0) is 47.7 Å². The number of carbonyl (C=O) groups excluding carboxylic acids is 3. The van der Waals surface area contributed by atoms with Crippen LogP contribution in [0, 0.1) is 0 Å². The van der Waals surface area contributed by atoms with Crippen molar-refractivity contribution in [1.29, 1.82) is 0 Å². The molecule has 0 bridgehead atoms. The summed E-state index contributed by atoms with van der Waals surface area (Å²) in [4.78, 5) is 37.0. The van der Waals surface area contributed by atoms with Crippen LogP contribution in [-0.4, -0.2) is 35.2 Å². The molecule has 0 N–H and O–H groups in total. The van der Waals surface area contributed by atoms with Gasteiger partial charge in [0, 0.05) is 6.92 Å². The lowest BCUT2D eigenvalue weighted by Gasteiger charge is -2.13. The van der Waals surface area contributed by atoms with Crippen LogP contribution in [-0.2, 0) is 9.59 Å². The fourth-order valence-electron chi connectivity index (χ4n) is 2.41. The molecule has 27 heavy (non-hydrogen) atoms. The van der Waals surface area contributed by atoms with Crippen molar-refractivity contribution in [1.82, 2.24) is 4.90 Å². The quantitative estimate of drug-likeness (QED) is 0.430. The molecule has 7 heteroatoms. The Bertz CT molecular complexity index is 877. The maximum Gasteiger partial charge on any atom is 0.308 e. The van der Waals surface area contributed by atoms with E-state index in [1.807, 2.05) is 30.3 Å². The summed E-state index contributed by atoms with van der Waals surface area (Å²) in [5.74, 6) is 0.367. The number of hydrogen-bond donors (Lipinski definition) is 0. The van der Waals surface area contributed by atoms with Crippen LogP contribution >= 0.6 is 11.8 Å². The van der Waals surface area contributed by atoms with Gasteiger partial charge in [-0.1, -0.05) is 30.3 Å².